The summed E-state index contributed by atoms with van der Waals surface area (Å²) in [5.74, 6) is -1.18. The third-order valence-electron chi connectivity index (χ3n) is 3.62. The second-order valence-electron chi connectivity index (χ2n) is 4.85. The maximum Gasteiger partial charge on any atom is 0.320 e. The van der Waals surface area contributed by atoms with E-state index in [1.807, 2.05) is 13.8 Å². The number of benzene rings is 1. The molecule has 5 nitrogen and oxygen atoms in total. The highest BCUT2D eigenvalue weighted by Gasteiger charge is 2.26. The normalized spacial score (nSPS) is 15.7. The van der Waals surface area contributed by atoms with E-state index < -0.39 is 12.0 Å². The Hall–Kier alpha value is -1.75. The van der Waals surface area contributed by atoms with E-state index in [9.17, 15) is 15.0 Å². The number of carboxylic acids is 1. The van der Waals surface area contributed by atoms with Crippen LogP contribution in [0.2, 0.25) is 0 Å². The predicted molar refractivity (Wildman–Crippen MR) is 72.2 cm³/mol. The van der Waals surface area contributed by atoms with Crippen molar-refractivity contribution in [3.8, 4) is 11.5 Å². The van der Waals surface area contributed by atoms with E-state index in [1.54, 1.807) is 6.07 Å². The lowest BCUT2D eigenvalue weighted by Crippen LogP contribution is -2.33. The number of hydrogen-bond acceptors (Lipinski definition) is 4. The summed E-state index contributed by atoms with van der Waals surface area (Å²) in [6.45, 7) is 3.80. The molecule has 3 atom stereocenters. The van der Waals surface area contributed by atoms with Crippen molar-refractivity contribution >= 4 is 5.97 Å². The zero-order chi connectivity index (χ0) is 14.6. The number of hydrogen-bond donors (Lipinski definition) is 4. The molecular formula is C14H21NO4. The van der Waals surface area contributed by atoms with Crippen molar-refractivity contribution in [1.29, 1.82) is 0 Å². The number of nitrogens with two attached hydrogens (primary N) is 1. The van der Waals surface area contributed by atoms with Crippen LogP contribution in [-0.2, 0) is 4.79 Å². The van der Waals surface area contributed by atoms with E-state index in [-0.39, 0.29) is 23.3 Å². The molecule has 0 aliphatic carbocycles. The van der Waals surface area contributed by atoms with Crippen molar-refractivity contribution < 1.29 is 20.1 Å². The topological polar surface area (TPSA) is 104 Å². The molecule has 0 spiro atoms. The minimum absolute atomic E-state index is 0.0229. The summed E-state index contributed by atoms with van der Waals surface area (Å²) in [6, 6.07) is 3.65. The van der Waals surface area contributed by atoms with Gasteiger partial charge in [-0.1, -0.05) is 26.3 Å². The molecular weight excluding hydrogens is 246 g/mol. The summed E-state index contributed by atoms with van der Waals surface area (Å²) in [7, 11) is 0. The summed E-state index contributed by atoms with van der Waals surface area (Å²) in [4.78, 5) is 10.8. The first-order valence-electron chi connectivity index (χ1n) is 6.37. The molecule has 1 aromatic carbocycles. The lowest BCUT2D eigenvalue weighted by molar-refractivity contribution is -0.139. The van der Waals surface area contributed by atoms with Gasteiger partial charge in [0, 0.05) is 5.56 Å². The highest BCUT2D eigenvalue weighted by Crippen LogP contribution is 2.39. The zero-order valence-corrected chi connectivity index (χ0v) is 11.2. The number of carbonyl (C=O) groups is 1. The molecule has 1 rings (SSSR count). The molecule has 0 heterocycles. The van der Waals surface area contributed by atoms with Crippen LogP contribution in [0.4, 0.5) is 0 Å². The first-order chi connectivity index (χ1) is 8.88. The summed E-state index contributed by atoms with van der Waals surface area (Å²) in [5, 5.41) is 28.5. The van der Waals surface area contributed by atoms with Gasteiger partial charge in [-0.2, -0.15) is 0 Å². The third-order valence-corrected chi connectivity index (χ3v) is 3.62. The molecule has 0 bridgehead atoms. The maximum atomic E-state index is 10.8. The van der Waals surface area contributed by atoms with E-state index in [2.05, 4.69) is 0 Å². The predicted octanol–water partition coefficient (Wildman–Crippen LogP) is 2.03. The summed E-state index contributed by atoms with van der Waals surface area (Å²) in [6.07, 6.45) is 1.02. The minimum Gasteiger partial charge on any atom is -0.508 e. The summed E-state index contributed by atoms with van der Waals surface area (Å²) < 4.78 is 0. The van der Waals surface area contributed by atoms with Gasteiger partial charge >= 0.3 is 5.97 Å². The van der Waals surface area contributed by atoms with Gasteiger partial charge in [0.2, 0.25) is 0 Å². The van der Waals surface area contributed by atoms with E-state index >= 15 is 0 Å². The van der Waals surface area contributed by atoms with Crippen LogP contribution < -0.4 is 5.73 Å². The monoisotopic (exact) mass is 267 g/mol. The molecule has 0 amide bonds. The Morgan fingerprint density at radius 3 is 2.26 bits per heavy atom. The van der Waals surface area contributed by atoms with Gasteiger partial charge in [-0.25, -0.2) is 0 Å². The molecule has 5 heteroatoms. The largest absolute Gasteiger partial charge is 0.508 e. The van der Waals surface area contributed by atoms with Crippen molar-refractivity contribution in [3.05, 3.63) is 23.8 Å². The SMILES string of the molecule is CCC(CC(N)C(=O)O)C(C)c1c(O)cccc1O. The number of aliphatic carboxylic acids is 1. The fourth-order valence-electron chi connectivity index (χ4n) is 2.39. The molecule has 0 radical (unpaired) electrons. The van der Waals surface area contributed by atoms with E-state index in [4.69, 9.17) is 10.8 Å². The van der Waals surface area contributed by atoms with Crippen molar-refractivity contribution in [2.75, 3.05) is 0 Å². The summed E-state index contributed by atoms with van der Waals surface area (Å²) in [5.41, 5.74) is 6.01. The van der Waals surface area contributed by atoms with Crippen LogP contribution in [0.25, 0.3) is 0 Å². The van der Waals surface area contributed by atoms with Crippen LogP contribution in [-0.4, -0.2) is 27.3 Å². The zero-order valence-electron chi connectivity index (χ0n) is 11.2. The Kier molecular flexibility index (Phi) is 5.18. The van der Waals surface area contributed by atoms with Gasteiger partial charge in [0.25, 0.3) is 0 Å². The van der Waals surface area contributed by atoms with Crippen LogP contribution >= 0.6 is 0 Å². The van der Waals surface area contributed by atoms with Gasteiger partial charge in [0.1, 0.15) is 17.5 Å². The van der Waals surface area contributed by atoms with Gasteiger partial charge in [0.05, 0.1) is 0 Å². The number of phenols is 2. The fourth-order valence-corrected chi connectivity index (χ4v) is 2.39. The highest BCUT2D eigenvalue weighted by atomic mass is 16.4. The average Bonchev–Trinajstić information content (AvgIpc) is 2.34. The maximum absolute atomic E-state index is 10.8. The Bertz CT molecular complexity index is 427. The molecule has 0 aliphatic rings. The number of aromatic hydroxyl groups is 2. The van der Waals surface area contributed by atoms with E-state index in [0.29, 0.717) is 12.0 Å². The van der Waals surface area contributed by atoms with Crippen molar-refractivity contribution in [1.82, 2.24) is 0 Å². The Morgan fingerprint density at radius 2 is 1.84 bits per heavy atom. The van der Waals surface area contributed by atoms with Gasteiger partial charge in [-0.15, -0.1) is 0 Å². The molecule has 3 unspecified atom stereocenters. The lowest BCUT2D eigenvalue weighted by atomic mass is 9.81. The molecule has 5 N–H and O–H groups in total. The number of rotatable bonds is 6. The van der Waals surface area contributed by atoms with E-state index in [0.717, 1.165) is 6.42 Å². The molecule has 0 fully saturated rings. The van der Waals surface area contributed by atoms with Crippen LogP contribution in [0, 0.1) is 5.92 Å². The standard InChI is InChI=1S/C14H21NO4/c1-3-9(7-10(15)14(18)19)8(2)13-11(16)5-4-6-12(13)17/h4-6,8-10,16-17H,3,7,15H2,1-2H3,(H,18,19). The van der Waals surface area contributed by atoms with Crippen LogP contribution in [0.5, 0.6) is 11.5 Å². The first kappa shape index (κ1) is 15.3. The minimum atomic E-state index is -1.04. The van der Waals surface area contributed by atoms with Gasteiger partial charge < -0.3 is 21.1 Å². The Morgan fingerprint density at radius 1 is 1.32 bits per heavy atom. The fraction of sp³-hybridized carbons (Fsp3) is 0.500. The second-order valence-corrected chi connectivity index (χ2v) is 4.85. The first-order valence-corrected chi connectivity index (χ1v) is 6.37. The quantitative estimate of drug-likeness (QED) is 0.631. The van der Waals surface area contributed by atoms with Crippen molar-refractivity contribution in [2.45, 2.75) is 38.6 Å². The Balaban J connectivity index is 2.95. The number of carboxylic acid groups (broad SMARTS) is 1. The van der Waals surface area contributed by atoms with Crippen LogP contribution in [0.1, 0.15) is 38.2 Å². The number of phenolic OH excluding ortho intramolecular Hbond substituents is 2. The van der Waals surface area contributed by atoms with Gasteiger partial charge in [0.15, 0.2) is 0 Å². The van der Waals surface area contributed by atoms with Gasteiger partial charge in [-0.05, 0) is 30.4 Å². The molecule has 0 aromatic heterocycles. The smallest absolute Gasteiger partial charge is 0.320 e. The third kappa shape index (κ3) is 3.61. The molecule has 19 heavy (non-hydrogen) atoms. The molecule has 1 aromatic rings. The average molecular weight is 267 g/mol. The molecule has 0 saturated carbocycles. The molecule has 106 valence electrons. The second kappa shape index (κ2) is 6.43. The van der Waals surface area contributed by atoms with Crippen LogP contribution in [0.15, 0.2) is 18.2 Å². The molecule has 0 aliphatic heterocycles. The highest BCUT2D eigenvalue weighted by molar-refractivity contribution is 5.73. The van der Waals surface area contributed by atoms with Crippen molar-refractivity contribution in [3.63, 3.8) is 0 Å². The summed E-state index contributed by atoms with van der Waals surface area (Å²) >= 11 is 0. The lowest BCUT2D eigenvalue weighted by Gasteiger charge is -2.25. The van der Waals surface area contributed by atoms with Gasteiger partial charge in [-0.3, -0.25) is 4.79 Å². The van der Waals surface area contributed by atoms with Crippen molar-refractivity contribution in [2.24, 2.45) is 11.7 Å². The molecule has 0 saturated heterocycles. The van der Waals surface area contributed by atoms with E-state index in [1.165, 1.54) is 12.1 Å². The Labute approximate surface area is 112 Å². The van der Waals surface area contributed by atoms with Crippen LogP contribution in [0.3, 0.4) is 0 Å².